The Hall–Kier alpha value is -2.68. The first-order valence-corrected chi connectivity index (χ1v) is 13.5. The van der Waals surface area contributed by atoms with E-state index in [1.807, 2.05) is 0 Å². The van der Waals surface area contributed by atoms with Gasteiger partial charge in [0, 0.05) is 31.3 Å². The molecule has 198 valence electrons. The summed E-state index contributed by atoms with van der Waals surface area (Å²) < 4.78 is 128. The van der Waals surface area contributed by atoms with Crippen LogP contribution in [0.1, 0.15) is 31.4 Å². The highest BCUT2D eigenvalue weighted by molar-refractivity contribution is 7.92. The first-order chi connectivity index (χ1) is 16.2. The van der Waals surface area contributed by atoms with Crippen molar-refractivity contribution in [2.45, 2.75) is 47.2 Å². The van der Waals surface area contributed by atoms with Crippen molar-refractivity contribution in [1.82, 2.24) is 4.98 Å². The highest BCUT2D eigenvalue weighted by Gasteiger charge is 2.49. The predicted octanol–water partition coefficient (Wildman–Crippen LogP) is 4.13. The average molecular weight is 559 g/mol. The molecule has 1 saturated heterocycles. The number of nitrogens with zero attached hydrogens (tertiary/aromatic N) is 2. The van der Waals surface area contributed by atoms with Gasteiger partial charge in [0.2, 0.25) is 5.91 Å². The number of amides is 1. The summed E-state index contributed by atoms with van der Waals surface area (Å²) in [6.07, 6.45) is -9.18. The van der Waals surface area contributed by atoms with Crippen LogP contribution in [-0.2, 0) is 36.8 Å². The Morgan fingerprint density at radius 1 is 0.944 bits per heavy atom. The van der Waals surface area contributed by atoms with Gasteiger partial charge in [-0.1, -0.05) is 6.07 Å². The van der Waals surface area contributed by atoms with Crippen LogP contribution in [0.3, 0.4) is 0 Å². The van der Waals surface area contributed by atoms with Gasteiger partial charge in [-0.2, -0.15) is 26.3 Å². The van der Waals surface area contributed by atoms with Gasteiger partial charge in [0.25, 0.3) is 0 Å². The highest BCUT2D eigenvalue weighted by atomic mass is 32.2. The fraction of sp³-hybridized carbons (Fsp3) is 0.429. The van der Waals surface area contributed by atoms with Gasteiger partial charge in [0.1, 0.15) is 4.90 Å². The zero-order valence-corrected chi connectivity index (χ0v) is 20.6. The average Bonchev–Trinajstić information content (AvgIpc) is 3.13. The zero-order valence-electron chi connectivity index (χ0n) is 19.0. The fourth-order valence-corrected chi connectivity index (χ4v) is 6.39. The van der Waals surface area contributed by atoms with Gasteiger partial charge in [-0.3, -0.25) is 9.69 Å². The number of rotatable bonds is 5. The third-order valence-electron chi connectivity index (χ3n) is 6.09. The topological polar surface area (TPSA) is 101 Å². The Kier molecular flexibility index (Phi) is 6.75. The van der Waals surface area contributed by atoms with Crippen LogP contribution in [0.25, 0.3) is 0 Å². The Labute approximate surface area is 203 Å². The summed E-state index contributed by atoms with van der Waals surface area (Å²) in [5.41, 5.74) is -2.54. The van der Waals surface area contributed by atoms with E-state index in [0.717, 1.165) is 17.0 Å². The van der Waals surface area contributed by atoms with Gasteiger partial charge < -0.3 is 0 Å². The molecule has 2 aromatic rings. The smallest absolute Gasteiger partial charge is 0.295 e. The van der Waals surface area contributed by atoms with E-state index in [9.17, 15) is 48.0 Å². The molecule has 0 spiro atoms. The van der Waals surface area contributed by atoms with E-state index in [-0.39, 0.29) is 0 Å². The van der Waals surface area contributed by atoms with E-state index in [1.54, 1.807) is 0 Å². The van der Waals surface area contributed by atoms with E-state index in [1.165, 1.54) is 13.8 Å². The molecule has 1 aliphatic rings. The zero-order chi connectivity index (χ0) is 27.5. The molecule has 1 unspecified atom stereocenters. The number of anilines is 1. The molecule has 1 aromatic carbocycles. The molecule has 15 heteroatoms. The minimum atomic E-state index is -4.91. The van der Waals surface area contributed by atoms with Crippen molar-refractivity contribution in [3.63, 3.8) is 0 Å². The van der Waals surface area contributed by atoms with Crippen LogP contribution in [0.4, 0.5) is 32.2 Å². The molecule has 2 heterocycles. The Bertz CT molecular complexity index is 1420. The lowest BCUT2D eigenvalue weighted by Crippen LogP contribution is -2.41. The predicted molar refractivity (Wildman–Crippen MR) is 116 cm³/mol. The molecule has 1 aromatic heterocycles. The van der Waals surface area contributed by atoms with Crippen molar-refractivity contribution < 1.29 is 48.0 Å². The van der Waals surface area contributed by atoms with Crippen molar-refractivity contribution >= 4 is 31.4 Å². The van der Waals surface area contributed by atoms with E-state index in [2.05, 4.69) is 4.98 Å². The van der Waals surface area contributed by atoms with Gasteiger partial charge in [-0.25, -0.2) is 21.8 Å². The molecule has 0 N–H and O–H groups in total. The van der Waals surface area contributed by atoms with Crippen molar-refractivity contribution in [3.05, 3.63) is 47.7 Å². The molecule has 7 nitrogen and oxygen atoms in total. The molecule has 1 amide bonds. The molecule has 1 fully saturated rings. The summed E-state index contributed by atoms with van der Waals surface area (Å²) >= 11 is 0. The number of carbonyl (C=O) groups excluding carboxylic acids is 1. The second-order valence-electron chi connectivity index (χ2n) is 8.85. The summed E-state index contributed by atoms with van der Waals surface area (Å²) in [6.45, 7) is 1.98. The maximum atomic E-state index is 13.3. The third kappa shape index (κ3) is 5.08. The number of alkyl halides is 6. The van der Waals surface area contributed by atoms with Crippen LogP contribution < -0.4 is 4.90 Å². The number of benzene rings is 1. The molecule has 1 aliphatic heterocycles. The minimum Gasteiger partial charge on any atom is -0.295 e. The van der Waals surface area contributed by atoms with E-state index in [0.29, 0.717) is 30.7 Å². The maximum Gasteiger partial charge on any atom is 0.417 e. The van der Waals surface area contributed by atoms with Crippen molar-refractivity contribution in [1.29, 1.82) is 0 Å². The molecular weight excluding hydrogens is 538 g/mol. The lowest BCUT2D eigenvalue weighted by molar-refractivity contribution is -0.138. The van der Waals surface area contributed by atoms with Crippen molar-refractivity contribution in [2.75, 3.05) is 17.7 Å². The summed E-state index contributed by atoms with van der Waals surface area (Å²) in [5, 5.41) is 0. The number of sulfone groups is 2. The Balaban J connectivity index is 2.02. The molecule has 0 aliphatic carbocycles. The monoisotopic (exact) mass is 558 g/mol. The largest absolute Gasteiger partial charge is 0.417 e. The standard InChI is InChI=1S/C21H20F6N2O5S2/c1-19(2,36(33,34)15-6-4-5-12(7-15)20(22,23)24)14-9-17(30)29(11-14)18-16(35(3,31)32)8-13(10-28-18)21(25,26)27/h4-8,10,14H,9,11H2,1-3H3. The molecule has 0 bridgehead atoms. The Morgan fingerprint density at radius 3 is 2.06 bits per heavy atom. The second-order valence-corrected chi connectivity index (χ2v) is 13.4. The molecule has 1 atom stereocenters. The number of aromatic nitrogens is 1. The molecular formula is C21H20F6N2O5S2. The van der Waals surface area contributed by atoms with Crippen LogP contribution >= 0.6 is 0 Å². The maximum absolute atomic E-state index is 13.3. The summed E-state index contributed by atoms with van der Waals surface area (Å²) in [7, 11) is -8.77. The van der Waals surface area contributed by atoms with E-state index < -0.39 is 88.3 Å². The number of pyridine rings is 1. The number of hydrogen-bond donors (Lipinski definition) is 0. The Morgan fingerprint density at radius 2 is 1.53 bits per heavy atom. The minimum absolute atomic E-state index is 0.336. The number of hydrogen-bond acceptors (Lipinski definition) is 6. The normalized spacial score (nSPS) is 18.1. The van der Waals surface area contributed by atoms with Crippen LogP contribution in [0.5, 0.6) is 0 Å². The van der Waals surface area contributed by atoms with Crippen molar-refractivity contribution in [2.24, 2.45) is 5.92 Å². The summed E-state index contributed by atoms with van der Waals surface area (Å²) in [4.78, 5) is 15.6. The van der Waals surface area contributed by atoms with Gasteiger partial charge in [0.05, 0.1) is 20.8 Å². The number of halogens is 6. The lowest BCUT2D eigenvalue weighted by Gasteiger charge is -2.31. The van der Waals surface area contributed by atoms with Gasteiger partial charge in [-0.15, -0.1) is 0 Å². The van der Waals surface area contributed by atoms with E-state index >= 15 is 0 Å². The number of carbonyl (C=O) groups is 1. The molecule has 3 rings (SSSR count). The SMILES string of the molecule is CC(C)(C1CC(=O)N(c2ncc(C(F)(F)F)cc2S(C)(=O)=O)C1)S(=O)(=O)c1cccc(C(F)(F)F)c1. The van der Waals surface area contributed by atoms with E-state index in [4.69, 9.17) is 0 Å². The van der Waals surface area contributed by atoms with Crippen LogP contribution in [0.2, 0.25) is 0 Å². The molecule has 36 heavy (non-hydrogen) atoms. The first-order valence-electron chi connectivity index (χ1n) is 10.2. The van der Waals surface area contributed by atoms with Crippen molar-refractivity contribution in [3.8, 4) is 0 Å². The van der Waals surface area contributed by atoms with Gasteiger partial charge >= 0.3 is 12.4 Å². The quantitative estimate of drug-likeness (QED) is 0.512. The fourth-order valence-electron chi connectivity index (χ4n) is 3.81. The first kappa shape index (κ1) is 27.9. The summed E-state index contributed by atoms with van der Waals surface area (Å²) in [6, 6.07) is 3.44. The van der Waals surface area contributed by atoms with Gasteiger partial charge in [-0.05, 0) is 38.1 Å². The molecule has 0 saturated carbocycles. The second kappa shape index (κ2) is 8.71. The van der Waals surface area contributed by atoms with Crippen LogP contribution in [-0.4, -0.2) is 45.3 Å². The van der Waals surface area contributed by atoms with Gasteiger partial charge in [0.15, 0.2) is 25.5 Å². The highest BCUT2D eigenvalue weighted by Crippen LogP contribution is 2.42. The summed E-state index contributed by atoms with van der Waals surface area (Å²) in [5.74, 6) is -2.45. The lowest BCUT2D eigenvalue weighted by atomic mass is 9.94. The third-order valence-corrected chi connectivity index (χ3v) is 9.78. The van der Waals surface area contributed by atoms with Crippen LogP contribution in [0.15, 0.2) is 46.3 Å². The van der Waals surface area contributed by atoms with Crippen LogP contribution in [0, 0.1) is 5.92 Å². The molecule has 0 radical (unpaired) electrons.